The summed E-state index contributed by atoms with van der Waals surface area (Å²) < 4.78 is 0. The van der Waals surface area contributed by atoms with E-state index in [0.29, 0.717) is 6.04 Å². The van der Waals surface area contributed by atoms with Crippen LogP contribution in [0, 0.1) is 0 Å². The van der Waals surface area contributed by atoms with Crippen LogP contribution in [0.3, 0.4) is 0 Å². The molecule has 0 aliphatic rings. The van der Waals surface area contributed by atoms with Crippen LogP contribution in [-0.2, 0) is 0 Å². The Bertz CT molecular complexity index is 223. The number of rotatable bonds is 5. The summed E-state index contributed by atoms with van der Waals surface area (Å²) >= 11 is 5.59. The monoisotopic (exact) mass is 197 g/mol. The van der Waals surface area contributed by atoms with Crippen molar-refractivity contribution in [2.75, 3.05) is 12.4 Å². The fourth-order valence-corrected chi connectivity index (χ4v) is 1.38. The molecule has 0 saturated carbocycles. The zero-order chi connectivity index (χ0) is 9.52. The molecule has 1 unspecified atom stereocenters. The topological polar surface area (TPSA) is 12.0 Å². The molecule has 1 aromatic carbocycles. The summed E-state index contributed by atoms with van der Waals surface area (Å²) in [6, 6.07) is 10.9. The molecule has 0 radical (unpaired) electrons. The first-order chi connectivity index (χ1) is 6.34. The molecule has 1 aromatic rings. The molecule has 1 atom stereocenters. The van der Waals surface area contributed by atoms with E-state index >= 15 is 0 Å². The number of benzene rings is 1. The number of alkyl halides is 1. The molecule has 0 amide bonds. The second-order valence-corrected chi connectivity index (χ2v) is 3.51. The van der Waals surface area contributed by atoms with Crippen molar-refractivity contribution in [2.24, 2.45) is 0 Å². The van der Waals surface area contributed by atoms with Gasteiger partial charge in [-0.15, -0.1) is 11.6 Å². The molecule has 0 heterocycles. The summed E-state index contributed by atoms with van der Waals surface area (Å²) in [4.78, 5) is 0. The molecule has 2 heteroatoms. The van der Waals surface area contributed by atoms with Crippen LogP contribution < -0.4 is 5.32 Å². The predicted molar refractivity (Wildman–Crippen MR) is 58.2 cm³/mol. The maximum atomic E-state index is 5.59. The zero-order valence-electron chi connectivity index (χ0n) is 7.96. The minimum Gasteiger partial charge on any atom is -0.310 e. The summed E-state index contributed by atoms with van der Waals surface area (Å²) in [5, 5.41) is 3.42. The molecule has 13 heavy (non-hydrogen) atoms. The van der Waals surface area contributed by atoms with E-state index in [-0.39, 0.29) is 0 Å². The third kappa shape index (κ3) is 3.79. The summed E-state index contributed by atoms with van der Waals surface area (Å²) in [5.41, 5.74) is 1.33. The van der Waals surface area contributed by atoms with Gasteiger partial charge in [-0.3, -0.25) is 0 Å². The van der Waals surface area contributed by atoms with Gasteiger partial charge in [0.1, 0.15) is 0 Å². The van der Waals surface area contributed by atoms with Crippen molar-refractivity contribution in [1.82, 2.24) is 5.32 Å². The number of nitrogens with one attached hydrogen (secondary N) is 1. The highest BCUT2D eigenvalue weighted by Gasteiger charge is 2.01. The van der Waals surface area contributed by atoms with Crippen molar-refractivity contribution in [3.05, 3.63) is 35.9 Å². The molecule has 0 aromatic heterocycles. The van der Waals surface area contributed by atoms with Gasteiger partial charge in [0, 0.05) is 11.9 Å². The first kappa shape index (κ1) is 10.6. The van der Waals surface area contributed by atoms with E-state index in [9.17, 15) is 0 Å². The van der Waals surface area contributed by atoms with E-state index in [0.717, 1.165) is 18.8 Å². The molecular weight excluding hydrogens is 182 g/mol. The minimum atomic E-state index is 0.421. The van der Waals surface area contributed by atoms with E-state index < -0.39 is 0 Å². The van der Waals surface area contributed by atoms with Crippen molar-refractivity contribution in [3.8, 4) is 0 Å². The Balaban J connectivity index is 2.35. The van der Waals surface area contributed by atoms with Crippen LogP contribution in [0.15, 0.2) is 30.3 Å². The van der Waals surface area contributed by atoms with E-state index in [1.165, 1.54) is 5.56 Å². The average Bonchev–Trinajstić information content (AvgIpc) is 2.19. The number of halogens is 1. The van der Waals surface area contributed by atoms with Crippen LogP contribution in [0.2, 0.25) is 0 Å². The van der Waals surface area contributed by atoms with Gasteiger partial charge in [0.25, 0.3) is 0 Å². The highest BCUT2D eigenvalue weighted by molar-refractivity contribution is 6.17. The molecular formula is C11H16ClN. The Morgan fingerprint density at radius 1 is 1.31 bits per heavy atom. The van der Waals surface area contributed by atoms with Gasteiger partial charge in [0.15, 0.2) is 0 Å². The van der Waals surface area contributed by atoms with E-state index in [1.807, 2.05) is 6.07 Å². The van der Waals surface area contributed by atoms with Crippen LogP contribution >= 0.6 is 11.6 Å². The van der Waals surface area contributed by atoms with Gasteiger partial charge in [-0.2, -0.15) is 0 Å². The van der Waals surface area contributed by atoms with Crippen molar-refractivity contribution in [2.45, 2.75) is 19.4 Å². The van der Waals surface area contributed by atoms with Gasteiger partial charge < -0.3 is 5.32 Å². The average molecular weight is 198 g/mol. The van der Waals surface area contributed by atoms with Gasteiger partial charge in [0.2, 0.25) is 0 Å². The van der Waals surface area contributed by atoms with E-state index in [2.05, 4.69) is 36.5 Å². The van der Waals surface area contributed by atoms with Gasteiger partial charge in [-0.05, 0) is 25.5 Å². The Labute approximate surface area is 85.1 Å². The lowest BCUT2D eigenvalue weighted by molar-refractivity contribution is 0.572. The quantitative estimate of drug-likeness (QED) is 0.566. The highest BCUT2D eigenvalue weighted by atomic mass is 35.5. The van der Waals surface area contributed by atoms with Crippen LogP contribution in [0.5, 0.6) is 0 Å². The largest absolute Gasteiger partial charge is 0.310 e. The first-order valence-electron chi connectivity index (χ1n) is 4.69. The predicted octanol–water partition coefficient (Wildman–Crippen LogP) is 2.97. The Kier molecular flexibility index (Phi) is 4.87. The maximum absolute atomic E-state index is 5.59. The Morgan fingerprint density at radius 2 is 2.00 bits per heavy atom. The third-order valence-electron chi connectivity index (χ3n) is 2.06. The van der Waals surface area contributed by atoms with Gasteiger partial charge in [0.05, 0.1) is 0 Å². The van der Waals surface area contributed by atoms with Crippen LogP contribution in [-0.4, -0.2) is 12.4 Å². The van der Waals surface area contributed by atoms with Crippen molar-refractivity contribution in [3.63, 3.8) is 0 Å². The summed E-state index contributed by atoms with van der Waals surface area (Å²) in [6.45, 7) is 3.16. The minimum absolute atomic E-state index is 0.421. The molecule has 1 N–H and O–H groups in total. The van der Waals surface area contributed by atoms with Gasteiger partial charge >= 0.3 is 0 Å². The van der Waals surface area contributed by atoms with E-state index in [4.69, 9.17) is 11.6 Å². The van der Waals surface area contributed by atoms with Gasteiger partial charge in [-0.1, -0.05) is 30.3 Å². The van der Waals surface area contributed by atoms with Crippen LogP contribution in [0.25, 0.3) is 0 Å². The van der Waals surface area contributed by atoms with Crippen LogP contribution in [0.4, 0.5) is 0 Å². The molecule has 72 valence electrons. The van der Waals surface area contributed by atoms with Crippen molar-refractivity contribution < 1.29 is 0 Å². The fraction of sp³-hybridized carbons (Fsp3) is 0.455. The normalized spacial score (nSPS) is 12.8. The second-order valence-electron chi connectivity index (χ2n) is 3.13. The Morgan fingerprint density at radius 3 is 2.62 bits per heavy atom. The molecule has 0 spiro atoms. The van der Waals surface area contributed by atoms with Crippen LogP contribution in [0.1, 0.15) is 24.9 Å². The fourth-order valence-electron chi connectivity index (χ4n) is 1.24. The molecule has 0 saturated heterocycles. The van der Waals surface area contributed by atoms with E-state index in [1.54, 1.807) is 0 Å². The second kappa shape index (κ2) is 6.01. The van der Waals surface area contributed by atoms with Crippen molar-refractivity contribution >= 4 is 11.6 Å². The lowest BCUT2D eigenvalue weighted by Gasteiger charge is -2.13. The SMILES string of the molecule is CC(NCCCCl)c1ccccc1. The molecule has 1 nitrogen and oxygen atoms in total. The molecule has 0 fully saturated rings. The smallest absolute Gasteiger partial charge is 0.0291 e. The maximum Gasteiger partial charge on any atom is 0.0291 e. The molecule has 0 aliphatic heterocycles. The summed E-state index contributed by atoms with van der Waals surface area (Å²) in [6.07, 6.45) is 1.03. The third-order valence-corrected chi connectivity index (χ3v) is 2.33. The highest BCUT2D eigenvalue weighted by Crippen LogP contribution is 2.10. The molecule has 0 aliphatic carbocycles. The zero-order valence-corrected chi connectivity index (χ0v) is 8.72. The standard InChI is InChI=1S/C11H16ClN/c1-10(13-9-5-8-12)11-6-3-2-4-7-11/h2-4,6-7,10,13H,5,8-9H2,1H3. The number of hydrogen-bond acceptors (Lipinski definition) is 1. The van der Waals surface area contributed by atoms with Gasteiger partial charge in [-0.25, -0.2) is 0 Å². The molecule has 1 rings (SSSR count). The Hall–Kier alpha value is -0.530. The summed E-state index contributed by atoms with van der Waals surface area (Å²) in [7, 11) is 0. The summed E-state index contributed by atoms with van der Waals surface area (Å²) in [5.74, 6) is 0.731. The lowest BCUT2D eigenvalue weighted by Crippen LogP contribution is -2.19. The number of hydrogen-bond donors (Lipinski definition) is 1. The lowest BCUT2D eigenvalue weighted by atomic mass is 10.1. The van der Waals surface area contributed by atoms with Crippen molar-refractivity contribution in [1.29, 1.82) is 0 Å². The molecule has 0 bridgehead atoms. The first-order valence-corrected chi connectivity index (χ1v) is 5.22.